The summed E-state index contributed by atoms with van der Waals surface area (Å²) in [5, 5.41) is 3.59. The van der Waals surface area contributed by atoms with E-state index in [9.17, 15) is 4.79 Å². The first-order valence-corrected chi connectivity index (χ1v) is 9.99. The molecule has 0 radical (unpaired) electrons. The number of carbonyl (C=O) groups is 1. The van der Waals surface area contributed by atoms with Crippen molar-refractivity contribution in [3.8, 4) is 17.2 Å². The summed E-state index contributed by atoms with van der Waals surface area (Å²) in [4.78, 5) is 17.1. The van der Waals surface area contributed by atoms with E-state index >= 15 is 0 Å². The summed E-state index contributed by atoms with van der Waals surface area (Å²) in [5.41, 5.74) is 4.74. The van der Waals surface area contributed by atoms with E-state index in [0.29, 0.717) is 22.4 Å². The molecule has 4 rings (SSSR count). The molecule has 0 saturated carbocycles. The number of rotatable bonds is 5. The quantitative estimate of drug-likeness (QED) is 0.419. The highest BCUT2D eigenvalue weighted by Gasteiger charge is 2.17. The zero-order chi connectivity index (χ0) is 21.3. The lowest BCUT2D eigenvalue weighted by atomic mass is 10.1. The maximum atomic E-state index is 12.6. The molecule has 0 aliphatic carbocycles. The standard InChI is InChI=1S/C24H21ClN2O3/c1-14-11-19(12-15(2)22(14)25)29-16(3)23(28)26-18-8-6-7-17(13-18)24-27-20-9-4-5-10-21(20)30-24/h4-13,16H,1-3H3,(H,26,28)/t16-/m1/s1. The van der Waals surface area contributed by atoms with Gasteiger partial charge in [-0.3, -0.25) is 4.79 Å². The Hall–Kier alpha value is -3.31. The summed E-state index contributed by atoms with van der Waals surface area (Å²) in [6, 6.07) is 18.6. The van der Waals surface area contributed by atoms with Crippen LogP contribution in [0, 0.1) is 13.8 Å². The molecule has 1 heterocycles. The average molecular weight is 421 g/mol. The zero-order valence-electron chi connectivity index (χ0n) is 16.9. The normalized spacial score (nSPS) is 12.0. The van der Waals surface area contributed by atoms with Gasteiger partial charge in [-0.2, -0.15) is 0 Å². The van der Waals surface area contributed by atoms with E-state index in [1.54, 1.807) is 6.92 Å². The Bertz CT molecular complexity index is 1180. The number of ether oxygens (including phenoxy) is 1. The lowest BCUT2D eigenvalue weighted by Gasteiger charge is -2.16. The van der Waals surface area contributed by atoms with Gasteiger partial charge in [0.2, 0.25) is 5.89 Å². The Kier molecular flexibility index (Phi) is 5.46. The van der Waals surface area contributed by atoms with Crippen molar-refractivity contribution in [3.63, 3.8) is 0 Å². The predicted octanol–water partition coefficient (Wildman–Crippen LogP) is 6.17. The van der Waals surface area contributed by atoms with Gasteiger partial charge in [-0.05, 0) is 74.4 Å². The van der Waals surface area contributed by atoms with Crippen LogP contribution in [0.1, 0.15) is 18.1 Å². The number of oxazole rings is 1. The maximum absolute atomic E-state index is 12.6. The highest BCUT2D eigenvalue weighted by atomic mass is 35.5. The third-order valence-corrected chi connectivity index (χ3v) is 5.36. The van der Waals surface area contributed by atoms with Crippen LogP contribution in [-0.4, -0.2) is 17.0 Å². The van der Waals surface area contributed by atoms with Gasteiger partial charge in [-0.1, -0.05) is 29.8 Å². The van der Waals surface area contributed by atoms with Gasteiger partial charge in [0.05, 0.1) is 0 Å². The van der Waals surface area contributed by atoms with Gasteiger partial charge in [0.1, 0.15) is 11.3 Å². The second-order valence-electron chi connectivity index (χ2n) is 7.19. The summed E-state index contributed by atoms with van der Waals surface area (Å²) in [6.07, 6.45) is -0.682. The molecular weight excluding hydrogens is 400 g/mol. The molecule has 5 nitrogen and oxygen atoms in total. The number of hydrogen-bond acceptors (Lipinski definition) is 4. The van der Waals surface area contributed by atoms with Gasteiger partial charge < -0.3 is 14.5 Å². The Labute approximate surface area is 179 Å². The molecule has 30 heavy (non-hydrogen) atoms. The van der Waals surface area contributed by atoms with Crippen molar-refractivity contribution in [1.29, 1.82) is 0 Å². The summed E-state index contributed by atoms with van der Waals surface area (Å²) < 4.78 is 11.6. The van der Waals surface area contributed by atoms with Crippen LogP contribution in [0.4, 0.5) is 5.69 Å². The first kappa shape index (κ1) is 20.0. The van der Waals surface area contributed by atoms with Crippen LogP contribution >= 0.6 is 11.6 Å². The lowest BCUT2D eigenvalue weighted by molar-refractivity contribution is -0.122. The minimum atomic E-state index is -0.682. The van der Waals surface area contributed by atoms with Crippen molar-refractivity contribution in [2.24, 2.45) is 0 Å². The Morgan fingerprint density at radius 3 is 2.53 bits per heavy atom. The fourth-order valence-electron chi connectivity index (χ4n) is 3.20. The fraction of sp³-hybridized carbons (Fsp3) is 0.167. The van der Waals surface area contributed by atoms with Crippen molar-refractivity contribution < 1.29 is 13.9 Å². The summed E-state index contributed by atoms with van der Waals surface area (Å²) in [5.74, 6) is 0.857. The number of halogens is 1. The Morgan fingerprint density at radius 1 is 1.07 bits per heavy atom. The van der Waals surface area contributed by atoms with Crippen LogP contribution < -0.4 is 10.1 Å². The molecule has 0 unspecified atom stereocenters. The number of anilines is 1. The van der Waals surface area contributed by atoms with Crippen LogP contribution in [0.3, 0.4) is 0 Å². The molecule has 0 bridgehead atoms. The summed E-state index contributed by atoms with van der Waals surface area (Å²) in [6.45, 7) is 5.52. The van der Waals surface area contributed by atoms with E-state index < -0.39 is 6.10 Å². The number of nitrogens with one attached hydrogen (secondary N) is 1. The van der Waals surface area contributed by atoms with Crippen LogP contribution in [0.25, 0.3) is 22.6 Å². The molecule has 1 atom stereocenters. The molecule has 1 aromatic heterocycles. The number of aryl methyl sites for hydroxylation is 2. The molecule has 0 aliphatic rings. The Morgan fingerprint density at radius 2 is 1.80 bits per heavy atom. The van der Waals surface area contributed by atoms with Crippen LogP contribution in [-0.2, 0) is 4.79 Å². The zero-order valence-corrected chi connectivity index (χ0v) is 17.7. The first-order valence-electron chi connectivity index (χ1n) is 9.61. The number of carbonyl (C=O) groups excluding carboxylic acids is 1. The average Bonchev–Trinajstić information content (AvgIpc) is 3.16. The lowest BCUT2D eigenvalue weighted by Crippen LogP contribution is -2.30. The number of nitrogens with zero attached hydrogens (tertiary/aromatic N) is 1. The van der Waals surface area contributed by atoms with E-state index in [4.69, 9.17) is 20.8 Å². The predicted molar refractivity (Wildman–Crippen MR) is 119 cm³/mol. The van der Waals surface area contributed by atoms with E-state index in [1.807, 2.05) is 74.5 Å². The summed E-state index contributed by atoms with van der Waals surface area (Å²) >= 11 is 6.20. The van der Waals surface area contributed by atoms with Gasteiger partial charge in [-0.25, -0.2) is 4.98 Å². The van der Waals surface area contributed by atoms with Gasteiger partial charge in [0.25, 0.3) is 5.91 Å². The molecule has 152 valence electrons. The number of amides is 1. The second-order valence-corrected chi connectivity index (χ2v) is 7.57. The number of fused-ring (bicyclic) bond motifs is 1. The molecule has 1 N–H and O–H groups in total. The molecule has 0 spiro atoms. The summed E-state index contributed by atoms with van der Waals surface area (Å²) in [7, 11) is 0. The largest absolute Gasteiger partial charge is 0.481 e. The molecule has 0 fully saturated rings. The number of benzene rings is 3. The maximum Gasteiger partial charge on any atom is 0.265 e. The highest BCUT2D eigenvalue weighted by molar-refractivity contribution is 6.32. The molecule has 0 aliphatic heterocycles. The topological polar surface area (TPSA) is 64.4 Å². The molecule has 1 amide bonds. The van der Waals surface area contributed by atoms with Gasteiger partial charge >= 0.3 is 0 Å². The smallest absolute Gasteiger partial charge is 0.265 e. The molecule has 0 saturated heterocycles. The second kappa shape index (κ2) is 8.20. The van der Waals surface area contributed by atoms with Gasteiger partial charge in [-0.15, -0.1) is 0 Å². The van der Waals surface area contributed by atoms with Crippen molar-refractivity contribution in [2.75, 3.05) is 5.32 Å². The van der Waals surface area contributed by atoms with Crippen molar-refractivity contribution in [3.05, 3.63) is 76.8 Å². The van der Waals surface area contributed by atoms with Crippen LogP contribution in [0.5, 0.6) is 5.75 Å². The van der Waals surface area contributed by atoms with Crippen molar-refractivity contribution in [1.82, 2.24) is 4.98 Å². The van der Waals surface area contributed by atoms with E-state index in [0.717, 1.165) is 27.8 Å². The van der Waals surface area contributed by atoms with Crippen molar-refractivity contribution in [2.45, 2.75) is 26.9 Å². The number of para-hydroxylation sites is 2. The number of hydrogen-bond donors (Lipinski definition) is 1. The van der Waals surface area contributed by atoms with Crippen LogP contribution in [0.2, 0.25) is 5.02 Å². The van der Waals surface area contributed by atoms with E-state index in [-0.39, 0.29) is 5.91 Å². The van der Waals surface area contributed by atoms with Gasteiger partial charge in [0.15, 0.2) is 11.7 Å². The third-order valence-electron chi connectivity index (χ3n) is 4.76. The number of aromatic nitrogens is 1. The van der Waals surface area contributed by atoms with Gasteiger partial charge in [0, 0.05) is 16.3 Å². The fourth-order valence-corrected chi connectivity index (χ4v) is 3.31. The van der Waals surface area contributed by atoms with Crippen LogP contribution in [0.15, 0.2) is 65.1 Å². The highest BCUT2D eigenvalue weighted by Crippen LogP contribution is 2.28. The molecule has 4 aromatic rings. The molecule has 6 heteroatoms. The van der Waals surface area contributed by atoms with Crippen molar-refractivity contribution >= 4 is 34.3 Å². The third kappa shape index (κ3) is 4.16. The molecular formula is C24H21ClN2O3. The van der Waals surface area contributed by atoms with E-state index in [1.165, 1.54) is 0 Å². The minimum absolute atomic E-state index is 0.255. The molecule has 3 aromatic carbocycles. The monoisotopic (exact) mass is 420 g/mol. The minimum Gasteiger partial charge on any atom is -0.481 e. The van der Waals surface area contributed by atoms with E-state index in [2.05, 4.69) is 10.3 Å². The SMILES string of the molecule is Cc1cc(O[C@H](C)C(=O)Nc2cccc(-c3nc4ccccc4o3)c2)cc(C)c1Cl. The first-order chi connectivity index (χ1) is 14.4. The Balaban J connectivity index is 1.48.